The summed E-state index contributed by atoms with van der Waals surface area (Å²) >= 11 is 0. The van der Waals surface area contributed by atoms with Crippen LogP contribution in [-0.4, -0.2) is 38.6 Å². The molecule has 2 rings (SSSR count). The van der Waals surface area contributed by atoms with Crippen molar-refractivity contribution < 1.29 is 8.42 Å². The fourth-order valence-electron chi connectivity index (χ4n) is 3.00. The summed E-state index contributed by atoms with van der Waals surface area (Å²) in [6.45, 7) is 0.719. The van der Waals surface area contributed by atoms with Gasteiger partial charge in [-0.15, -0.1) is 0 Å². The van der Waals surface area contributed by atoms with Gasteiger partial charge in [-0.25, -0.2) is 8.42 Å². The van der Waals surface area contributed by atoms with Crippen molar-refractivity contribution in [2.75, 3.05) is 18.1 Å². The third-order valence-corrected chi connectivity index (χ3v) is 5.70. The van der Waals surface area contributed by atoms with E-state index in [2.05, 4.69) is 5.32 Å². The van der Waals surface area contributed by atoms with Gasteiger partial charge in [-0.1, -0.05) is 6.42 Å². The van der Waals surface area contributed by atoms with Crippen molar-refractivity contribution in [3.8, 4) is 0 Å². The Morgan fingerprint density at radius 1 is 1.19 bits per heavy atom. The molecule has 0 aromatic heterocycles. The van der Waals surface area contributed by atoms with Crippen molar-refractivity contribution in [1.82, 2.24) is 5.32 Å². The van der Waals surface area contributed by atoms with Crippen LogP contribution in [0.1, 0.15) is 32.1 Å². The first-order valence-electron chi connectivity index (χ1n) is 6.27. The van der Waals surface area contributed by atoms with Gasteiger partial charge < -0.3 is 11.1 Å². The van der Waals surface area contributed by atoms with Crippen LogP contribution in [0, 0.1) is 5.92 Å². The van der Waals surface area contributed by atoms with E-state index >= 15 is 0 Å². The van der Waals surface area contributed by atoms with Crippen LogP contribution in [0.2, 0.25) is 0 Å². The quantitative estimate of drug-likeness (QED) is 0.750. The SMILES string of the molecule is NCC1CCCC1NC1CCCS(=O)(=O)C1. The second-order valence-corrected chi connectivity index (χ2v) is 7.38. The Morgan fingerprint density at radius 3 is 2.69 bits per heavy atom. The second-order valence-electron chi connectivity index (χ2n) is 5.15. The van der Waals surface area contributed by atoms with E-state index in [4.69, 9.17) is 5.73 Å². The van der Waals surface area contributed by atoms with E-state index in [1.54, 1.807) is 0 Å². The molecule has 94 valence electrons. The lowest BCUT2D eigenvalue weighted by Gasteiger charge is -2.29. The predicted molar refractivity (Wildman–Crippen MR) is 65.0 cm³/mol. The second kappa shape index (κ2) is 5.02. The van der Waals surface area contributed by atoms with Crippen molar-refractivity contribution in [3.05, 3.63) is 0 Å². The number of sulfone groups is 1. The minimum absolute atomic E-state index is 0.163. The topological polar surface area (TPSA) is 72.2 Å². The molecule has 1 saturated carbocycles. The first-order valence-corrected chi connectivity index (χ1v) is 8.09. The van der Waals surface area contributed by atoms with Gasteiger partial charge in [0.2, 0.25) is 0 Å². The minimum atomic E-state index is -2.79. The first kappa shape index (κ1) is 12.3. The molecule has 0 amide bonds. The fraction of sp³-hybridized carbons (Fsp3) is 1.00. The Kier molecular flexibility index (Phi) is 3.87. The highest BCUT2D eigenvalue weighted by Gasteiger charge is 2.31. The van der Waals surface area contributed by atoms with Crippen LogP contribution in [0.5, 0.6) is 0 Å². The molecule has 0 radical (unpaired) electrons. The van der Waals surface area contributed by atoms with Crippen molar-refractivity contribution >= 4 is 9.84 Å². The molecule has 0 aromatic rings. The maximum Gasteiger partial charge on any atom is 0.151 e. The van der Waals surface area contributed by atoms with E-state index in [9.17, 15) is 8.42 Å². The van der Waals surface area contributed by atoms with Gasteiger partial charge in [-0.3, -0.25) is 0 Å². The molecule has 4 nitrogen and oxygen atoms in total. The maximum atomic E-state index is 11.5. The van der Waals surface area contributed by atoms with Crippen LogP contribution >= 0.6 is 0 Å². The summed E-state index contributed by atoms with van der Waals surface area (Å²) in [5.41, 5.74) is 5.72. The predicted octanol–water partition coefficient (Wildman–Crippen LogP) is 0.281. The smallest absolute Gasteiger partial charge is 0.151 e. The molecule has 2 fully saturated rings. The number of rotatable bonds is 3. The van der Waals surface area contributed by atoms with Crippen LogP contribution in [0.3, 0.4) is 0 Å². The van der Waals surface area contributed by atoms with E-state index in [0.717, 1.165) is 25.8 Å². The molecule has 1 aliphatic heterocycles. The largest absolute Gasteiger partial charge is 0.330 e. The molecule has 1 saturated heterocycles. The molecule has 16 heavy (non-hydrogen) atoms. The van der Waals surface area contributed by atoms with Crippen LogP contribution in [0.15, 0.2) is 0 Å². The van der Waals surface area contributed by atoms with Gasteiger partial charge in [0.25, 0.3) is 0 Å². The Hall–Kier alpha value is -0.130. The zero-order valence-electron chi connectivity index (χ0n) is 9.69. The van der Waals surface area contributed by atoms with Gasteiger partial charge in [0.15, 0.2) is 9.84 Å². The van der Waals surface area contributed by atoms with Crippen molar-refractivity contribution in [1.29, 1.82) is 0 Å². The molecule has 1 aliphatic carbocycles. The van der Waals surface area contributed by atoms with Crippen molar-refractivity contribution in [2.24, 2.45) is 11.7 Å². The molecule has 1 heterocycles. The normalized spacial score (nSPS) is 38.7. The highest BCUT2D eigenvalue weighted by Crippen LogP contribution is 2.26. The van der Waals surface area contributed by atoms with E-state index < -0.39 is 9.84 Å². The summed E-state index contributed by atoms with van der Waals surface area (Å²) in [6, 6.07) is 0.610. The summed E-state index contributed by atoms with van der Waals surface area (Å²) in [5.74, 6) is 1.24. The first-order chi connectivity index (χ1) is 7.61. The summed E-state index contributed by atoms with van der Waals surface area (Å²) in [6.07, 6.45) is 5.36. The van der Waals surface area contributed by atoms with Crippen LogP contribution in [0.4, 0.5) is 0 Å². The molecule has 0 bridgehead atoms. The molecule has 3 N–H and O–H groups in total. The molecule has 3 unspecified atom stereocenters. The molecule has 0 aromatic carbocycles. The van der Waals surface area contributed by atoms with Gasteiger partial charge in [-0.2, -0.15) is 0 Å². The zero-order chi connectivity index (χ0) is 11.6. The Morgan fingerprint density at radius 2 is 2.00 bits per heavy atom. The number of nitrogens with one attached hydrogen (secondary N) is 1. The van der Waals surface area contributed by atoms with E-state index in [-0.39, 0.29) is 6.04 Å². The molecule has 2 aliphatic rings. The van der Waals surface area contributed by atoms with Crippen molar-refractivity contribution in [3.63, 3.8) is 0 Å². The van der Waals surface area contributed by atoms with Gasteiger partial charge in [-0.05, 0) is 38.1 Å². The lowest BCUT2D eigenvalue weighted by molar-refractivity contribution is 0.354. The third kappa shape index (κ3) is 2.96. The zero-order valence-corrected chi connectivity index (χ0v) is 10.5. The Labute approximate surface area is 97.9 Å². The molecular weight excluding hydrogens is 224 g/mol. The molecule has 5 heteroatoms. The minimum Gasteiger partial charge on any atom is -0.330 e. The lowest BCUT2D eigenvalue weighted by Crippen LogP contribution is -2.47. The Balaban J connectivity index is 1.89. The maximum absolute atomic E-state index is 11.5. The van der Waals surface area contributed by atoms with Gasteiger partial charge in [0.1, 0.15) is 0 Å². The number of hydrogen-bond acceptors (Lipinski definition) is 4. The van der Waals surface area contributed by atoms with E-state index in [0.29, 0.717) is 23.5 Å². The molecular formula is C11H22N2O2S. The van der Waals surface area contributed by atoms with Crippen LogP contribution in [0.25, 0.3) is 0 Å². The van der Waals surface area contributed by atoms with E-state index in [1.165, 1.54) is 12.8 Å². The standard InChI is InChI=1S/C11H22N2O2S/c12-7-9-3-1-5-11(9)13-10-4-2-6-16(14,15)8-10/h9-11,13H,1-8,12H2. The van der Waals surface area contributed by atoms with Gasteiger partial charge in [0.05, 0.1) is 11.5 Å². The summed E-state index contributed by atoms with van der Waals surface area (Å²) < 4.78 is 23.0. The summed E-state index contributed by atoms with van der Waals surface area (Å²) in [5, 5.41) is 3.52. The fourth-order valence-corrected chi connectivity index (χ4v) is 4.64. The van der Waals surface area contributed by atoms with Gasteiger partial charge in [0, 0.05) is 12.1 Å². The molecule has 3 atom stereocenters. The Bertz CT molecular complexity index is 329. The highest BCUT2D eigenvalue weighted by molar-refractivity contribution is 7.91. The van der Waals surface area contributed by atoms with Gasteiger partial charge >= 0.3 is 0 Å². The summed E-state index contributed by atoms with van der Waals surface area (Å²) in [4.78, 5) is 0. The number of hydrogen-bond donors (Lipinski definition) is 2. The number of nitrogens with two attached hydrogens (primary N) is 1. The average molecular weight is 246 g/mol. The highest BCUT2D eigenvalue weighted by atomic mass is 32.2. The lowest BCUT2D eigenvalue weighted by atomic mass is 10.0. The van der Waals surface area contributed by atoms with E-state index in [1.807, 2.05) is 0 Å². The molecule has 0 spiro atoms. The van der Waals surface area contributed by atoms with Crippen molar-refractivity contribution in [2.45, 2.75) is 44.2 Å². The monoisotopic (exact) mass is 246 g/mol. The third-order valence-electron chi connectivity index (χ3n) is 3.87. The average Bonchev–Trinajstić information content (AvgIpc) is 2.63. The van der Waals surface area contributed by atoms with Crippen LogP contribution < -0.4 is 11.1 Å². The van der Waals surface area contributed by atoms with Crippen LogP contribution in [-0.2, 0) is 9.84 Å². The summed E-state index contributed by atoms with van der Waals surface area (Å²) in [7, 11) is -2.79.